The Morgan fingerprint density at radius 2 is 1.00 bits per heavy atom. The SMILES string of the molecule is COC(=O)c1cccc(C(=O)CCCCCOc2cc(CN(Cc3ccccn3)Cc3ccccn3)cc(CN(Cc3ccccn3)Cc3ccccn3)c2)c1. The number of Topliss-reactive ketones (excluding diaryl/α,β-unsaturated/α-hetero) is 1. The first-order chi connectivity index (χ1) is 27.5. The summed E-state index contributed by atoms with van der Waals surface area (Å²) in [5.41, 5.74) is 7.10. The third-order valence-corrected chi connectivity index (χ3v) is 9.21. The van der Waals surface area contributed by atoms with Crippen LogP contribution in [-0.4, -0.2) is 55.2 Å². The fourth-order valence-corrected chi connectivity index (χ4v) is 6.57. The van der Waals surface area contributed by atoms with Crippen LogP contribution in [0.1, 0.15) is 80.3 Å². The van der Waals surface area contributed by atoms with E-state index in [1.165, 1.54) is 7.11 Å². The summed E-state index contributed by atoms with van der Waals surface area (Å²) in [4.78, 5) is 48.0. The zero-order chi connectivity index (χ0) is 38.8. The number of methoxy groups -OCH3 is 1. The number of ketones is 1. The Kier molecular flexibility index (Phi) is 14.9. The Bertz CT molecular complexity index is 1910. The van der Waals surface area contributed by atoms with E-state index in [1.807, 2.05) is 73.3 Å². The first-order valence-electron chi connectivity index (χ1n) is 19.0. The average molecular weight is 749 g/mol. The molecule has 0 aliphatic rings. The van der Waals surface area contributed by atoms with Crippen LogP contribution >= 0.6 is 0 Å². The van der Waals surface area contributed by atoms with Crippen molar-refractivity contribution in [2.24, 2.45) is 0 Å². The maximum atomic E-state index is 12.9. The smallest absolute Gasteiger partial charge is 0.337 e. The number of hydrogen-bond donors (Lipinski definition) is 0. The number of rotatable bonds is 21. The van der Waals surface area contributed by atoms with E-state index in [1.54, 1.807) is 24.3 Å². The molecule has 0 aliphatic carbocycles. The molecule has 6 rings (SSSR count). The predicted molar refractivity (Wildman–Crippen MR) is 215 cm³/mol. The second kappa shape index (κ2) is 21.1. The van der Waals surface area contributed by atoms with Gasteiger partial charge in [0.1, 0.15) is 5.75 Å². The molecule has 10 heteroatoms. The molecule has 4 aromatic heterocycles. The molecule has 0 atom stereocenters. The van der Waals surface area contributed by atoms with Crippen LogP contribution in [-0.2, 0) is 44.0 Å². The van der Waals surface area contributed by atoms with Gasteiger partial charge < -0.3 is 9.47 Å². The van der Waals surface area contributed by atoms with Crippen LogP contribution in [0.4, 0.5) is 0 Å². The molecule has 0 N–H and O–H groups in total. The van der Waals surface area contributed by atoms with Gasteiger partial charge in [-0.05, 0) is 103 Å². The van der Waals surface area contributed by atoms with Gasteiger partial charge in [-0.15, -0.1) is 0 Å². The molecule has 0 spiro atoms. The fraction of sp³-hybridized carbons (Fsp3) is 0.261. The molecule has 0 saturated carbocycles. The van der Waals surface area contributed by atoms with Crippen molar-refractivity contribution in [1.29, 1.82) is 0 Å². The van der Waals surface area contributed by atoms with Gasteiger partial charge >= 0.3 is 5.97 Å². The van der Waals surface area contributed by atoms with Crippen LogP contribution < -0.4 is 4.74 Å². The normalized spacial score (nSPS) is 11.1. The number of nitrogens with zero attached hydrogens (tertiary/aromatic N) is 6. The second-order valence-corrected chi connectivity index (χ2v) is 13.7. The zero-order valence-corrected chi connectivity index (χ0v) is 31.9. The fourth-order valence-electron chi connectivity index (χ4n) is 6.57. The van der Waals surface area contributed by atoms with Crippen molar-refractivity contribution in [1.82, 2.24) is 29.7 Å². The summed E-state index contributed by atoms with van der Waals surface area (Å²) in [5.74, 6) is 0.364. The van der Waals surface area contributed by atoms with Gasteiger partial charge in [0.2, 0.25) is 0 Å². The van der Waals surface area contributed by atoms with Crippen LogP contribution in [0.5, 0.6) is 5.75 Å². The summed E-state index contributed by atoms with van der Waals surface area (Å²) in [6, 6.07) is 37.3. The van der Waals surface area contributed by atoms with Crippen LogP contribution in [0.3, 0.4) is 0 Å². The minimum atomic E-state index is -0.452. The van der Waals surface area contributed by atoms with Crippen molar-refractivity contribution >= 4 is 11.8 Å². The molecule has 0 saturated heterocycles. The number of carbonyl (C=O) groups is 2. The molecule has 0 fully saturated rings. The summed E-state index contributed by atoms with van der Waals surface area (Å²) in [6.45, 7) is 4.49. The average Bonchev–Trinajstić information content (AvgIpc) is 3.23. The number of benzene rings is 2. The lowest BCUT2D eigenvalue weighted by atomic mass is 10.0. The number of hydrogen-bond acceptors (Lipinski definition) is 10. The molecule has 56 heavy (non-hydrogen) atoms. The van der Waals surface area contributed by atoms with Crippen molar-refractivity contribution in [3.63, 3.8) is 0 Å². The monoisotopic (exact) mass is 748 g/mol. The van der Waals surface area contributed by atoms with Crippen molar-refractivity contribution in [2.75, 3.05) is 13.7 Å². The van der Waals surface area contributed by atoms with E-state index in [-0.39, 0.29) is 5.78 Å². The lowest BCUT2D eigenvalue weighted by Crippen LogP contribution is -2.25. The summed E-state index contributed by atoms with van der Waals surface area (Å²) in [5, 5.41) is 0. The van der Waals surface area contributed by atoms with Crippen molar-refractivity contribution in [3.8, 4) is 5.75 Å². The zero-order valence-electron chi connectivity index (χ0n) is 31.9. The number of pyridine rings is 4. The van der Waals surface area contributed by atoms with E-state index >= 15 is 0 Å². The van der Waals surface area contributed by atoms with Gasteiger partial charge in [-0.1, -0.05) is 42.5 Å². The van der Waals surface area contributed by atoms with E-state index in [9.17, 15) is 9.59 Å². The standard InChI is InChI=1S/C46H48N6O4/c1-55-46(54)39-15-13-14-38(29-39)45(53)20-3-2-12-25-56-44-27-36(30-51(32-40-16-4-8-21-47-40)33-41-17-5-9-22-48-41)26-37(28-44)31-52(34-42-18-6-10-23-49-42)35-43-19-7-11-24-50-43/h4-11,13-19,21-24,26-29H,2-3,12,20,25,30-35H2,1H3. The van der Waals surface area contributed by atoms with Crippen molar-refractivity contribution in [2.45, 2.75) is 65.0 Å². The van der Waals surface area contributed by atoms with Gasteiger partial charge in [-0.25, -0.2) is 4.79 Å². The molecule has 286 valence electrons. The topological polar surface area (TPSA) is 111 Å². The van der Waals surface area contributed by atoms with Gasteiger partial charge in [0, 0.05) is 76.0 Å². The molecule has 6 aromatic rings. The van der Waals surface area contributed by atoms with E-state index < -0.39 is 5.97 Å². The van der Waals surface area contributed by atoms with Crippen LogP contribution in [0.15, 0.2) is 140 Å². The van der Waals surface area contributed by atoms with E-state index in [0.717, 1.165) is 58.9 Å². The third kappa shape index (κ3) is 12.8. The number of aromatic nitrogens is 4. The Morgan fingerprint density at radius 1 is 0.518 bits per heavy atom. The minimum Gasteiger partial charge on any atom is -0.494 e. The van der Waals surface area contributed by atoms with Gasteiger partial charge in [-0.3, -0.25) is 34.5 Å². The molecular weight excluding hydrogens is 701 g/mol. The maximum Gasteiger partial charge on any atom is 0.337 e. The molecule has 4 heterocycles. The van der Waals surface area contributed by atoms with Gasteiger partial charge in [0.05, 0.1) is 42.1 Å². The molecule has 0 amide bonds. The van der Waals surface area contributed by atoms with Crippen molar-refractivity contribution < 1.29 is 19.1 Å². The predicted octanol–water partition coefficient (Wildman–Crippen LogP) is 8.28. The highest BCUT2D eigenvalue weighted by atomic mass is 16.5. The number of esters is 1. The Balaban J connectivity index is 1.17. The Labute approximate surface area is 329 Å². The molecule has 10 nitrogen and oxygen atoms in total. The summed E-state index contributed by atoms with van der Waals surface area (Å²) in [6.07, 6.45) is 10.1. The van der Waals surface area contributed by atoms with E-state index in [4.69, 9.17) is 9.47 Å². The molecule has 0 bridgehead atoms. The largest absolute Gasteiger partial charge is 0.494 e. The number of unbranched alkanes of at least 4 members (excludes halogenated alkanes) is 2. The summed E-state index contributed by atoms with van der Waals surface area (Å²) < 4.78 is 11.2. The molecular formula is C46H48N6O4. The molecule has 2 aromatic carbocycles. The Hall–Kier alpha value is -6.10. The van der Waals surface area contributed by atoms with E-state index in [2.05, 4.69) is 72.2 Å². The number of carbonyl (C=O) groups excluding carboxylic acids is 2. The maximum absolute atomic E-state index is 12.9. The van der Waals surface area contributed by atoms with Gasteiger partial charge in [0.15, 0.2) is 5.78 Å². The van der Waals surface area contributed by atoms with Crippen molar-refractivity contribution in [3.05, 3.63) is 185 Å². The third-order valence-electron chi connectivity index (χ3n) is 9.21. The van der Waals surface area contributed by atoms with Gasteiger partial charge in [-0.2, -0.15) is 0 Å². The lowest BCUT2D eigenvalue weighted by Gasteiger charge is -2.25. The van der Waals surface area contributed by atoms with Gasteiger partial charge in [0.25, 0.3) is 0 Å². The number of ether oxygens (including phenoxy) is 2. The van der Waals surface area contributed by atoms with Crippen LogP contribution in [0, 0.1) is 0 Å². The molecule has 0 aliphatic heterocycles. The second-order valence-electron chi connectivity index (χ2n) is 13.7. The summed E-state index contributed by atoms with van der Waals surface area (Å²) >= 11 is 0. The minimum absolute atomic E-state index is 0.0101. The Morgan fingerprint density at radius 3 is 1.45 bits per heavy atom. The molecule has 0 unspecified atom stereocenters. The summed E-state index contributed by atoms with van der Waals surface area (Å²) in [7, 11) is 1.33. The molecule has 0 radical (unpaired) electrons. The first-order valence-corrected chi connectivity index (χ1v) is 19.0. The highest BCUT2D eigenvalue weighted by Gasteiger charge is 2.16. The van der Waals surface area contributed by atoms with Crippen LogP contribution in [0.2, 0.25) is 0 Å². The van der Waals surface area contributed by atoms with E-state index in [0.29, 0.717) is 63.4 Å². The van der Waals surface area contributed by atoms with Crippen LogP contribution in [0.25, 0.3) is 0 Å². The highest BCUT2D eigenvalue weighted by Crippen LogP contribution is 2.24. The highest BCUT2D eigenvalue weighted by molar-refractivity contribution is 5.99. The first kappa shape index (κ1) is 39.6. The quantitative estimate of drug-likeness (QED) is 0.0405. The lowest BCUT2D eigenvalue weighted by molar-refractivity contribution is 0.0600.